The molecule has 1 fully saturated rings. The number of hydrogen-bond acceptors (Lipinski definition) is 5. The number of benzene rings is 1. The lowest BCUT2D eigenvalue weighted by Gasteiger charge is -2.21. The van der Waals surface area contributed by atoms with Crippen LogP contribution in [0.4, 0.5) is 5.69 Å². The van der Waals surface area contributed by atoms with Crippen LogP contribution in [0.5, 0.6) is 5.75 Å². The minimum Gasteiger partial charge on any atom is -0.494 e. The topological polar surface area (TPSA) is 66.5 Å². The highest BCUT2D eigenvalue weighted by atomic mass is 16.5. The third kappa shape index (κ3) is 3.55. The molecular formula is C18H22N4O2. The highest BCUT2D eigenvalue weighted by Gasteiger charge is 2.32. The van der Waals surface area contributed by atoms with Crippen molar-refractivity contribution in [2.24, 2.45) is 0 Å². The lowest BCUT2D eigenvalue weighted by Crippen LogP contribution is -2.44. The Kier molecular flexibility index (Phi) is 5.08. The summed E-state index contributed by atoms with van der Waals surface area (Å²) < 4.78 is 5.43. The van der Waals surface area contributed by atoms with Crippen molar-refractivity contribution in [2.45, 2.75) is 25.4 Å². The fourth-order valence-electron chi connectivity index (χ4n) is 2.81. The predicted molar refractivity (Wildman–Crippen MR) is 92.7 cm³/mol. The van der Waals surface area contributed by atoms with Gasteiger partial charge in [-0.2, -0.15) is 0 Å². The molecule has 1 aliphatic rings. The zero-order valence-corrected chi connectivity index (χ0v) is 13.9. The summed E-state index contributed by atoms with van der Waals surface area (Å²) in [7, 11) is 1.79. The number of anilines is 1. The molecule has 6 heteroatoms. The first-order valence-corrected chi connectivity index (χ1v) is 8.10. The summed E-state index contributed by atoms with van der Waals surface area (Å²) in [6.07, 6.45) is 4.25. The van der Waals surface area contributed by atoms with Crippen molar-refractivity contribution < 1.29 is 9.53 Å². The number of likely N-dealkylation sites (N-methyl/N-ethyl adjacent to an activating group) is 1. The Morgan fingerprint density at radius 1 is 1.29 bits per heavy atom. The van der Waals surface area contributed by atoms with Crippen LogP contribution in [0.1, 0.15) is 24.9 Å². The SMILES string of the molecule is CCOc1ccc(N(C)C(=O)C2CC(c3cccnc3)NN2)cc1. The molecule has 126 valence electrons. The first kappa shape index (κ1) is 16.4. The molecule has 0 aliphatic carbocycles. The van der Waals surface area contributed by atoms with Crippen molar-refractivity contribution in [2.75, 3.05) is 18.6 Å². The van der Waals surface area contributed by atoms with Gasteiger partial charge in [0.05, 0.1) is 6.61 Å². The van der Waals surface area contributed by atoms with Gasteiger partial charge in [-0.25, -0.2) is 10.9 Å². The van der Waals surface area contributed by atoms with E-state index in [-0.39, 0.29) is 18.0 Å². The van der Waals surface area contributed by atoms with Crippen LogP contribution in [-0.4, -0.2) is 30.6 Å². The summed E-state index contributed by atoms with van der Waals surface area (Å²) in [5, 5.41) is 0. The van der Waals surface area contributed by atoms with E-state index in [1.54, 1.807) is 18.1 Å². The number of hydrogen-bond donors (Lipinski definition) is 2. The maximum atomic E-state index is 12.7. The van der Waals surface area contributed by atoms with Gasteiger partial charge in [-0.3, -0.25) is 9.78 Å². The molecule has 2 unspecified atom stereocenters. The Bertz CT molecular complexity index is 675. The molecule has 2 N–H and O–H groups in total. The molecule has 6 nitrogen and oxygen atoms in total. The number of carbonyl (C=O) groups excluding carboxylic acids is 1. The first-order chi connectivity index (χ1) is 11.7. The van der Waals surface area contributed by atoms with Gasteiger partial charge in [0.15, 0.2) is 0 Å². The van der Waals surface area contributed by atoms with Crippen LogP contribution in [0.2, 0.25) is 0 Å². The molecule has 0 spiro atoms. The Hall–Kier alpha value is -2.44. The van der Waals surface area contributed by atoms with E-state index in [1.807, 2.05) is 49.5 Å². The molecule has 1 aliphatic heterocycles. The van der Waals surface area contributed by atoms with E-state index in [0.29, 0.717) is 13.0 Å². The number of ether oxygens (including phenoxy) is 1. The molecule has 0 saturated carbocycles. The van der Waals surface area contributed by atoms with E-state index < -0.39 is 0 Å². The average molecular weight is 326 g/mol. The molecule has 0 radical (unpaired) electrons. The maximum absolute atomic E-state index is 12.7. The number of amides is 1. The number of nitrogens with one attached hydrogen (secondary N) is 2. The molecule has 24 heavy (non-hydrogen) atoms. The highest BCUT2D eigenvalue weighted by molar-refractivity contribution is 5.96. The summed E-state index contributed by atoms with van der Waals surface area (Å²) in [5.41, 5.74) is 8.19. The van der Waals surface area contributed by atoms with Gasteiger partial charge < -0.3 is 9.64 Å². The number of nitrogens with zero attached hydrogens (tertiary/aromatic N) is 2. The molecule has 2 aromatic rings. The largest absolute Gasteiger partial charge is 0.494 e. The second-order valence-corrected chi connectivity index (χ2v) is 5.74. The van der Waals surface area contributed by atoms with Gasteiger partial charge in [-0.1, -0.05) is 6.07 Å². The molecule has 3 rings (SSSR count). The molecule has 1 aromatic heterocycles. The fraction of sp³-hybridized carbons (Fsp3) is 0.333. The lowest BCUT2D eigenvalue weighted by molar-refractivity contribution is -0.120. The summed E-state index contributed by atoms with van der Waals surface area (Å²) in [4.78, 5) is 18.5. The van der Waals surface area contributed by atoms with Gasteiger partial charge in [0.1, 0.15) is 11.8 Å². The monoisotopic (exact) mass is 326 g/mol. The molecule has 1 amide bonds. The normalized spacial score (nSPS) is 19.9. The average Bonchev–Trinajstić information content (AvgIpc) is 3.12. The van der Waals surface area contributed by atoms with Crippen molar-refractivity contribution in [1.82, 2.24) is 15.8 Å². The van der Waals surface area contributed by atoms with Gasteiger partial charge in [0, 0.05) is 31.2 Å². The summed E-state index contributed by atoms with van der Waals surface area (Å²) in [6, 6.07) is 11.3. The number of rotatable bonds is 5. The molecule has 2 atom stereocenters. The molecule has 1 aromatic carbocycles. The van der Waals surface area contributed by atoms with Crippen LogP contribution >= 0.6 is 0 Å². The number of aromatic nitrogens is 1. The minimum absolute atomic E-state index is 0.0260. The number of pyridine rings is 1. The summed E-state index contributed by atoms with van der Waals surface area (Å²) in [5.74, 6) is 0.831. The Labute approximate surface area is 141 Å². The third-order valence-electron chi connectivity index (χ3n) is 4.15. The van der Waals surface area contributed by atoms with Crippen LogP contribution in [0.3, 0.4) is 0 Å². The van der Waals surface area contributed by atoms with Crippen molar-refractivity contribution in [3.63, 3.8) is 0 Å². The Morgan fingerprint density at radius 2 is 2.08 bits per heavy atom. The third-order valence-corrected chi connectivity index (χ3v) is 4.15. The second kappa shape index (κ2) is 7.42. The van der Waals surface area contributed by atoms with Gasteiger partial charge >= 0.3 is 0 Å². The first-order valence-electron chi connectivity index (χ1n) is 8.10. The van der Waals surface area contributed by atoms with Crippen LogP contribution in [-0.2, 0) is 4.79 Å². The van der Waals surface area contributed by atoms with E-state index >= 15 is 0 Å². The zero-order valence-electron chi connectivity index (χ0n) is 13.9. The molecule has 2 heterocycles. The molecule has 0 bridgehead atoms. The Morgan fingerprint density at radius 3 is 2.75 bits per heavy atom. The van der Waals surface area contributed by atoms with Crippen LogP contribution in [0.15, 0.2) is 48.8 Å². The van der Waals surface area contributed by atoms with E-state index in [0.717, 1.165) is 17.0 Å². The van der Waals surface area contributed by atoms with E-state index in [2.05, 4.69) is 15.8 Å². The van der Waals surface area contributed by atoms with Crippen molar-refractivity contribution in [1.29, 1.82) is 0 Å². The minimum atomic E-state index is -0.272. The summed E-state index contributed by atoms with van der Waals surface area (Å²) in [6.45, 7) is 2.57. The fourth-order valence-corrected chi connectivity index (χ4v) is 2.81. The van der Waals surface area contributed by atoms with Crippen LogP contribution in [0, 0.1) is 0 Å². The molecule has 1 saturated heterocycles. The maximum Gasteiger partial charge on any atom is 0.245 e. The van der Waals surface area contributed by atoms with Crippen molar-refractivity contribution >= 4 is 11.6 Å². The van der Waals surface area contributed by atoms with Gasteiger partial charge in [-0.15, -0.1) is 0 Å². The quantitative estimate of drug-likeness (QED) is 0.880. The van der Waals surface area contributed by atoms with E-state index in [4.69, 9.17) is 4.74 Å². The molecular weight excluding hydrogens is 304 g/mol. The number of carbonyl (C=O) groups is 1. The Balaban J connectivity index is 1.64. The second-order valence-electron chi connectivity index (χ2n) is 5.74. The lowest BCUT2D eigenvalue weighted by atomic mass is 10.0. The van der Waals surface area contributed by atoms with Gasteiger partial charge in [0.25, 0.3) is 0 Å². The van der Waals surface area contributed by atoms with Crippen molar-refractivity contribution in [3.05, 3.63) is 54.4 Å². The van der Waals surface area contributed by atoms with Gasteiger partial charge in [-0.05, 0) is 49.2 Å². The van der Waals surface area contributed by atoms with Crippen LogP contribution in [0.25, 0.3) is 0 Å². The van der Waals surface area contributed by atoms with Crippen molar-refractivity contribution in [3.8, 4) is 5.75 Å². The standard InChI is InChI=1S/C18H22N4O2/c1-3-24-15-8-6-14(7-9-15)22(2)18(23)17-11-16(20-21-17)13-5-4-10-19-12-13/h4-10,12,16-17,20-21H,3,11H2,1-2H3. The van der Waals surface area contributed by atoms with Crippen LogP contribution < -0.4 is 20.5 Å². The van der Waals surface area contributed by atoms with Gasteiger partial charge in [0.2, 0.25) is 5.91 Å². The zero-order chi connectivity index (χ0) is 16.9. The highest BCUT2D eigenvalue weighted by Crippen LogP contribution is 2.24. The summed E-state index contributed by atoms with van der Waals surface area (Å²) >= 11 is 0. The smallest absolute Gasteiger partial charge is 0.245 e. The van der Waals surface area contributed by atoms with E-state index in [1.165, 1.54) is 0 Å². The number of hydrazine groups is 1. The van der Waals surface area contributed by atoms with E-state index in [9.17, 15) is 4.79 Å². The predicted octanol–water partition coefficient (Wildman–Crippen LogP) is 2.05.